The molecule has 2 aliphatic heterocycles. The zero-order valence-electron chi connectivity index (χ0n) is 15.0. The summed E-state index contributed by atoms with van der Waals surface area (Å²) in [5.74, 6) is 1.53. The number of aromatic nitrogens is 1. The number of hydrogen-bond acceptors (Lipinski definition) is 4. The number of anilines is 1. The molecule has 2 aliphatic carbocycles. The van der Waals surface area contributed by atoms with Crippen molar-refractivity contribution in [1.82, 2.24) is 9.88 Å². The van der Waals surface area contributed by atoms with Gasteiger partial charge < -0.3 is 10.4 Å². The highest BCUT2D eigenvalue weighted by Gasteiger charge is 2.54. The minimum Gasteiger partial charge on any atom is -0.384 e. The minimum absolute atomic E-state index is 0.519. The van der Waals surface area contributed by atoms with Crippen LogP contribution in [0.4, 0.5) is 5.69 Å². The summed E-state index contributed by atoms with van der Waals surface area (Å²) in [6.45, 7) is 1.87. The average Bonchev–Trinajstić information content (AvgIpc) is 2.59. The molecule has 4 fully saturated rings. The van der Waals surface area contributed by atoms with Gasteiger partial charge in [-0.05, 0) is 74.6 Å². The second-order valence-electron chi connectivity index (χ2n) is 8.48. The summed E-state index contributed by atoms with van der Waals surface area (Å²) in [7, 11) is 0. The van der Waals surface area contributed by atoms with Gasteiger partial charge >= 0.3 is 0 Å². The molecule has 138 valence electrons. The van der Waals surface area contributed by atoms with Crippen molar-refractivity contribution in [3.8, 4) is 0 Å². The van der Waals surface area contributed by atoms with Crippen LogP contribution in [0.2, 0.25) is 5.02 Å². The Labute approximate surface area is 159 Å². The Hall–Kier alpha value is -1.36. The molecule has 0 amide bonds. The van der Waals surface area contributed by atoms with E-state index in [0.29, 0.717) is 11.1 Å². The first kappa shape index (κ1) is 16.8. The summed E-state index contributed by atoms with van der Waals surface area (Å²) < 4.78 is 0. The molecule has 4 aliphatic rings. The molecule has 2 atom stereocenters. The van der Waals surface area contributed by atoms with Crippen LogP contribution in [0.25, 0.3) is 10.9 Å². The number of piperidine rings is 2. The van der Waals surface area contributed by atoms with Gasteiger partial charge in [0.2, 0.25) is 0 Å². The van der Waals surface area contributed by atoms with Crippen LogP contribution < -0.4 is 5.32 Å². The number of aliphatic hydroxyl groups is 1. The van der Waals surface area contributed by atoms with Gasteiger partial charge in [-0.25, -0.2) is 0 Å². The summed E-state index contributed by atoms with van der Waals surface area (Å²) in [5, 5.41) is 16.5. The van der Waals surface area contributed by atoms with E-state index >= 15 is 0 Å². The first-order valence-corrected chi connectivity index (χ1v) is 10.3. The Morgan fingerprint density at radius 2 is 2.00 bits per heavy atom. The van der Waals surface area contributed by atoms with Gasteiger partial charge in [-0.1, -0.05) is 11.6 Å². The van der Waals surface area contributed by atoms with E-state index in [1.165, 1.54) is 19.3 Å². The predicted octanol–water partition coefficient (Wildman–Crippen LogP) is 4.27. The summed E-state index contributed by atoms with van der Waals surface area (Å²) in [4.78, 5) is 6.82. The number of nitrogens with zero attached hydrogens (tertiary/aromatic N) is 2. The van der Waals surface area contributed by atoms with Crippen LogP contribution in [0.5, 0.6) is 0 Å². The third-order valence-electron chi connectivity index (χ3n) is 6.68. The number of fused-ring (bicyclic) bond motifs is 1. The maximum Gasteiger partial charge on any atom is 0.119 e. The van der Waals surface area contributed by atoms with Gasteiger partial charge in [-0.15, -0.1) is 0 Å². The van der Waals surface area contributed by atoms with E-state index in [1.54, 1.807) is 0 Å². The highest BCUT2D eigenvalue weighted by Crippen LogP contribution is 2.53. The van der Waals surface area contributed by atoms with E-state index in [2.05, 4.69) is 15.2 Å². The van der Waals surface area contributed by atoms with Crippen molar-refractivity contribution < 1.29 is 5.11 Å². The van der Waals surface area contributed by atoms with Crippen molar-refractivity contribution in [3.05, 3.63) is 35.5 Å². The Bertz CT molecular complexity index is 812. The van der Waals surface area contributed by atoms with E-state index in [0.717, 1.165) is 60.8 Å². The summed E-state index contributed by atoms with van der Waals surface area (Å²) in [6.07, 6.45) is 8.78. The summed E-state index contributed by atoms with van der Waals surface area (Å²) in [5.41, 5.74) is 1.50. The SMILES string of the molecule is OC12CC3CC(CC(C3)N1CCCNc1ccnc3cc(Cl)ccc13)C2. The maximum absolute atomic E-state index is 11.1. The first-order valence-electron chi connectivity index (χ1n) is 9.88. The van der Waals surface area contributed by atoms with Gasteiger partial charge in [0, 0.05) is 41.4 Å². The Kier molecular flexibility index (Phi) is 4.11. The third-order valence-corrected chi connectivity index (χ3v) is 6.92. The maximum atomic E-state index is 11.1. The number of pyridine rings is 1. The molecule has 26 heavy (non-hydrogen) atoms. The minimum atomic E-state index is -0.519. The quantitative estimate of drug-likeness (QED) is 0.770. The number of halogens is 1. The molecular weight excluding hydrogens is 346 g/mol. The van der Waals surface area contributed by atoms with Crippen molar-refractivity contribution in [3.63, 3.8) is 0 Å². The molecule has 1 aromatic carbocycles. The Morgan fingerprint density at radius 3 is 2.77 bits per heavy atom. The van der Waals surface area contributed by atoms with Gasteiger partial charge in [0.25, 0.3) is 0 Å². The highest BCUT2D eigenvalue weighted by atomic mass is 35.5. The zero-order chi connectivity index (χ0) is 17.7. The number of benzene rings is 1. The van der Waals surface area contributed by atoms with Crippen LogP contribution in [0.15, 0.2) is 30.5 Å². The normalized spacial score (nSPS) is 33.1. The summed E-state index contributed by atoms with van der Waals surface area (Å²) >= 11 is 6.07. The fourth-order valence-electron chi connectivity index (χ4n) is 5.84. The van der Waals surface area contributed by atoms with Crippen molar-refractivity contribution in [2.45, 2.75) is 50.3 Å². The van der Waals surface area contributed by atoms with Gasteiger partial charge in [-0.2, -0.15) is 0 Å². The van der Waals surface area contributed by atoms with E-state index in [-0.39, 0.29) is 0 Å². The van der Waals surface area contributed by atoms with Crippen LogP contribution in [0.3, 0.4) is 0 Å². The van der Waals surface area contributed by atoms with Crippen LogP contribution in [0.1, 0.15) is 38.5 Å². The van der Waals surface area contributed by atoms with E-state index in [1.807, 2.05) is 30.5 Å². The molecular formula is C21H26ClN3O. The highest BCUT2D eigenvalue weighted by molar-refractivity contribution is 6.31. The molecule has 2 aromatic rings. The molecule has 2 N–H and O–H groups in total. The molecule has 2 saturated carbocycles. The van der Waals surface area contributed by atoms with Crippen molar-refractivity contribution in [1.29, 1.82) is 0 Å². The lowest BCUT2D eigenvalue weighted by Crippen LogP contribution is -2.66. The zero-order valence-corrected chi connectivity index (χ0v) is 15.8. The smallest absolute Gasteiger partial charge is 0.119 e. The average molecular weight is 372 g/mol. The van der Waals surface area contributed by atoms with Crippen LogP contribution in [-0.2, 0) is 0 Å². The second kappa shape index (κ2) is 6.36. The molecule has 3 heterocycles. The standard InChI is InChI=1S/C21H26ClN3O/c22-16-2-3-18-19(4-6-24-20(18)11-16)23-5-1-7-25-17-9-14-8-15(10-17)13-21(25,26)12-14/h2-4,6,11,14-15,17,26H,1,5,7-10,12-13H2,(H,23,24). The molecule has 6 rings (SSSR count). The van der Waals surface area contributed by atoms with Gasteiger partial charge in [-0.3, -0.25) is 9.88 Å². The Morgan fingerprint density at radius 1 is 1.19 bits per heavy atom. The summed E-state index contributed by atoms with van der Waals surface area (Å²) in [6, 6.07) is 8.46. The van der Waals surface area contributed by atoms with E-state index in [9.17, 15) is 5.11 Å². The number of hydrogen-bond donors (Lipinski definition) is 2. The van der Waals surface area contributed by atoms with Crippen molar-refractivity contribution in [2.24, 2.45) is 11.8 Å². The molecule has 0 radical (unpaired) electrons. The molecule has 1 aromatic heterocycles. The van der Waals surface area contributed by atoms with Gasteiger partial charge in [0.15, 0.2) is 0 Å². The van der Waals surface area contributed by atoms with E-state index < -0.39 is 5.72 Å². The topological polar surface area (TPSA) is 48.4 Å². The lowest BCUT2D eigenvalue weighted by Gasteiger charge is -2.61. The van der Waals surface area contributed by atoms with Crippen LogP contribution in [0, 0.1) is 11.8 Å². The largest absolute Gasteiger partial charge is 0.384 e. The first-order chi connectivity index (χ1) is 12.6. The van der Waals surface area contributed by atoms with Crippen molar-refractivity contribution >= 4 is 28.2 Å². The molecule has 4 bridgehead atoms. The monoisotopic (exact) mass is 371 g/mol. The fraction of sp³-hybridized carbons (Fsp3) is 0.571. The number of nitrogens with one attached hydrogen (secondary N) is 1. The molecule has 4 nitrogen and oxygen atoms in total. The van der Waals surface area contributed by atoms with Crippen LogP contribution >= 0.6 is 11.6 Å². The third kappa shape index (κ3) is 2.88. The predicted molar refractivity (Wildman–Crippen MR) is 105 cm³/mol. The van der Waals surface area contributed by atoms with Gasteiger partial charge in [0.05, 0.1) is 5.52 Å². The molecule has 2 unspecified atom stereocenters. The van der Waals surface area contributed by atoms with Crippen molar-refractivity contribution in [2.75, 3.05) is 18.4 Å². The molecule has 5 heteroatoms. The van der Waals surface area contributed by atoms with E-state index in [4.69, 9.17) is 11.6 Å². The fourth-order valence-corrected chi connectivity index (χ4v) is 6.00. The van der Waals surface area contributed by atoms with Gasteiger partial charge in [0.1, 0.15) is 5.72 Å². The van der Waals surface area contributed by atoms with Crippen LogP contribution in [-0.4, -0.2) is 39.8 Å². The molecule has 0 spiro atoms. The number of rotatable bonds is 5. The lowest BCUT2D eigenvalue weighted by molar-refractivity contribution is -0.231. The Balaban J connectivity index is 1.22. The second-order valence-corrected chi connectivity index (χ2v) is 8.91. The lowest BCUT2D eigenvalue weighted by atomic mass is 9.62. The molecule has 2 saturated heterocycles.